The number of benzene rings is 5. The Kier molecular flexibility index (Phi) is 5.42. The Bertz CT molecular complexity index is 2430. The van der Waals surface area contributed by atoms with Crippen molar-refractivity contribution in [2.24, 2.45) is 9.98 Å². The minimum Gasteiger partial charge on any atom is -0.508 e. The summed E-state index contributed by atoms with van der Waals surface area (Å²) in [5.74, 6) is 0.177. The molecule has 0 heterocycles. The summed E-state index contributed by atoms with van der Waals surface area (Å²) in [6.45, 7) is 0. The first-order valence-electron chi connectivity index (χ1n) is 12.9. The molecule has 190 valence electrons. The smallest absolute Gasteiger partial charge is 0.206 e. The summed E-state index contributed by atoms with van der Waals surface area (Å²) in [5, 5.41) is 37.3. The van der Waals surface area contributed by atoms with Gasteiger partial charge in [0.05, 0.1) is 10.7 Å². The van der Waals surface area contributed by atoms with Crippen molar-refractivity contribution in [1.29, 1.82) is 10.5 Å². The summed E-state index contributed by atoms with van der Waals surface area (Å²) in [4.78, 5) is 19.8. The molecule has 0 unspecified atom stereocenters. The lowest BCUT2D eigenvalue weighted by atomic mass is 10.0. The second-order valence-corrected chi connectivity index (χ2v) is 9.88. The third-order valence-electron chi connectivity index (χ3n) is 7.66. The van der Waals surface area contributed by atoms with Gasteiger partial charge in [-0.2, -0.15) is 20.5 Å². The van der Waals surface area contributed by atoms with Crippen LogP contribution in [-0.2, 0) is 0 Å². The Morgan fingerprint density at radius 2 is 1.02 bits per heavy atom. The number of phenols is 1. The molecule has 1 N–H and O–H groups in total. The first-order chi connectivity index (χ1) is 20.1. The number of aldehydes is 1. The molecule has 7 aromatic rings. The second-order valence-electron chi connectivity index (χ2n) is 9.88. The molecule has 7 rings (SSSR count). The summed E-state index contributed by atoms with van der Waals surface area (Å²) in [7, 11) is 0. The predicted octanol–water partition coefficient (Wildman–Crippen LogP) is 6.79. The zero-order valence-electron chi connectivity index (χ0n) is 21.5. The molecule has 0 spiro atoms. The molecule has 7 aromatic carbocycles. The van der Waals surface area contributed by atoms with E-state index in [-0.39, 0.29) is 5.75 Å². The molecule has 0 aliphatic carbocycles. The highest BCUT2D eigenvalue weighted by molar-refractivity contribution is 6.21. The van der Waals surface area contributed by atoms with Gasteiger partial charge in [0.25, 0.3) is 0 Å². The highest BCUT2D eigenvalue weighted by Gasteiger charge is 2.16. The largest absolute Gasteiger partial charge is 0.508 e. The molecule has 0 saturated carbocycles. The van der Waals surface area contributed by atoms with E-state index in [4.69, 9.17) is 0 Å². The van der Waals surface area contributed by atoms with Gasteiger partial charge in [-0.25, -0.2) is 0 Å². The van der Waals surface area contributed by atoms with Crippen molar-refractivity contribution in [3.05, 3.63) is 113 Å². The zero-order valence-corrected chi connectivity index (χ0v) is 21.5. The Labute approximate surface area is 233 Å². The van der Waals surface area contributed by atoms with Gasteiger partial charge in [-0.3, -0.25) is 4.79 Å². The molecule has 0 aromatic heterocycles. The van der Waals surface area contributed by atoms with Crippen LogP contribution in [0.3, 0.4) is 0 Å². The van der Waals surface area contributed by atoms with Crippen LogP contribution in [0.5, 0.6) is 5.75 Å². The van der Waals surface area contributed by atoms with Crippen LogP contribution in [0, 0.1) is 22.9 Å². The molecule has 0 radical (unpaired) electrons. The van der Waals surface area contributed by atoms with E-state index < -0.39 is 0 Å². The van der Waals surface area contributed by atoms with Crippen LogP contribution < -0.4 is 10.7 Å². The molecule has 0 atom stereocenters. The molecule has 0 amide bonds. The van der Waals surface area contributed by atoms with Crippen LogP contribution in [0.4, 0.5) is 0 Å². The fourth-order valence-electron chi connectivity index (χ4n) is 5.85. The van der Waals surface area contributed by atoms with Gasteiger partial charge in [-0.05, 0) is 86.3 Å². The molecule has 6 heteroatoms. The van der Waals surface area contributed by atoms with Crippen molar-refractivity contribution in [2.75, 3.05) is 0 Å². The first-order valence-corrected chi connectivity index (χ1v) is 12.9. The third kappa shape index (κ3) is 3.75. The molecule has 41 heavy (non-hydrogen) atoms. The van der Waals surface area contributed by atoms with E-state index >= 15 is 0 Å². The third-order valence-corrected chi connectivity index (χ3v) is 7.66. The maximum atomic E-state index is 11.3. The van der Waals surface area contributed by atoms with Crippen LogP contribution >= 0.6 is 0 Å². The number of fused-ring (bicyclic) bond motifs is 6. The van der Waals surface area contributed by atoms with Crippen LogP contribution in [0.1, 0.15) is 10.4 Å². The fourth-order valence-corrected chi connectivity index (χ4v) is 5.85. The van der Waals surface area contributed by atoms with Crippen molar-refractivity contribution in [1.82, 2.24) is 0 Å². The summed E-state index contributed by atoms with van der Waals surface area (Å²) in [6, 6.07) is 30.4. The lowest BCUT2D eigenvalue weighted by Crippen LogP contribution is -1.99. The molecule has 6 nitrogen and oxygen atoms in total. The molecule has 0 saturated heterocycles. The van der Waals surface area contributed by atoms with E-state index in [1.54, 1.807) is 24.3 Å². The summed E-state index contributed by atoms with van der Waals surface area (Å²) >= 11 is 0. The van der Waals surface area contributed by atoms with E-state index in [0.29, 0.717) is 16.3 Å². The number of hydrogen-bond donors (Lipinski definition) is 1. The topological polar surface area (TPSA) is 110 Å². The highest BCUT2D eigenvalue weighted by atomic mass is 16.3. The average molecular weight is 527 g/mol. The van der Waals surface area contributed by atoms with Crippen molar-refractivity contribution < 1.29 is 9.90 Å². The maximum Gasteiger partial charge on any atom is 0.206 e. The van der Waals surface area contributed by atoms with Gasteiger partial charge in [0.15, 0.2) is 0 Å². The number of carbonyl (C=O) groups excluding carboxylic acids is 1. The molecular weight excluding hydrogens is 508 g/mol. The van der Waals surface area contributed by atoms with E-state index in [2.05, 4.69) is 9.98 Å². The lowest BCUT2D eigenvalue weighted by Gasteiger charge is -2.03. The van der Waals surface area contributed by atoms with Gasteiger partial charge in [-0.15, -0.1) is 0 Å². The van der Waals surface area contributed by atoms with Crippen LogP contribution in [-0.4, -0.2) is 11.4 Å². The average Bonchev–Trinajstić information content (AvgIpc) is 3.47. The normalized spacial score (nSPS) is 12.3. The standard InChI is InChI=1S/C35H18N4O2/c36-18-38-34-30-13-23(21-4-1-3-20(11-21)17-40)7-9-26(30)28-15-33-29(16-32(28)34)27-10-8-24(14-31(27)35(33)39-19-37)22-5-2-6-25(41)12-22/h1-17,41H/b38-34+,39-35+. The number of carbonyl (C=O) groups is 1. The molecule has 0 bridgehead atoms. The monoisotopic (exact) mass is 526 g/mol. The van der Waals surface area contributed by atoms with Gasteiger partial charge in [-0.1, -0.05) is 54.6 Å². The Hall–Kier alpha value is -6.11. The summed E-state index contributed by atoms with van der Waals surface area (Å²) < 4.78 is 0. The van der Waals surface area contributed by atoms with Crippen LogP contribution in [0.25, 0.3) is 65.3 Å². The van der Waals surface area contributed by atoms with Gasteiger partial charge < -0.3 is 5.11 Å². The van der Waals surface area contributed by atoms with Gasteiger partial charge in [0.2, 0.25) is 12.4 Å². The van der Waals surface area contributed by atoms with Gasteiger partial charge in [0.1, 0.15) is 12.0 Å². The minimum absolute atomic E-state index is 0.177. The Balaban J connectivity index is 1.54. The molecule has 0 aliphatic heterocycles. The van der Waals surface area contributed by atoms with Crippen molar-refractivity contribution in [2.45, 2.75) is 0 Å². The quantitative estimate of drug-likeness (QED) is 0.202. The molecule has 0 aliphatic rings. The fraction of sp³-hybridized carbons (Fsp3) is 0. The minimum atomic E-state index is 0.177. The number of nitrogens with zero attached hydrogens (tertiary/aromatic N) is 4. The number of nitriles is 2. The zero-order chi connectivity index (χ0) is 28.1. The highest BCUT2D eigenvalue weighted by Crippen LogP contribution is 2.35. The summed E-state index contributed by atoms with van der Waals surface area (Å²) in [6.07, 6.45) is 4.76. The van der Waals surface area contributed by atoms with E-state index in [1.807, 2.05) is 85.2 Å². The predicted molar refractivity (Wildman–Crippen MR) is 159 cm³/mol. The van der Waals surface area contributed by atoms with E-state index in [1.165, 1.54) is 0 Å². The number of phenolic OH excluding ortho intramolecular Hbond substituents is 1. The van der Waals surface area contributed by atoms with Crippen LogP contribution in [0.2, 0.25) is 0 Å². The van der Waals surface area contributed by atoms with E-state index in [0.717, 1.165) is 71.6 Å². The van der Waals surface area contributed by atoms with Crippen molar-refractivity contribution >= 4 is 49.4 Å². The maximum absolute atomic E-state index is 11.3. The van der Waals surface area contributed by atoms with E-state index in [9.17, 15) is 20.4 Å². The Morgan fingerprint density at radius 1 is 0.537 bits per heavy atom. The number of rotatable bonds is 3. The Morgan fingerprint density at radius 3 is 1.54 bits per heavy atom. The van der Waals surface area contributed by atoms with Crippen LogP contribution in [0.15, 0.2) is 107 Å². The SMILES string of the molecule is N#C/N=c1\c2cc(-c3cccc(O)c3)ccc2c2cc3/c(=N/C#N)c4cc(-c5cccc(C=O)c5)ccc4c3cc12. The number of hydrogen-bond acceptors (Lipinski definition) is 6. The first kappa shape index (κ1) is 24.0. The van der Waals surface area contributed by atoms with Gasteiger partial charge >= 0.3 is 0 Å². The van der Waals surface area contributed by atoms with Gasteiger partial charge in [0, 0.05) is 27.1 Å². The molecular formula is C35H18N4O2. The van der Waals surface area contributed by atoms with Crippen molar-refractivity contribution in [3.8, 4) is 40.4 Å². The van der Waals surface area contributed by atoms with Crippen molar-refractivity contribution in [3.63, 3.8) is 0 Å². The summed E-state index contributed by atoms with van der Waals surface area (Å²) in [5.41, 5.74) is 4.15. The second kappa shape index (κ2) is 9.27. The molecule has 0 fully saturated rings. The number of aromatic hydroxyl groups is 1. The lowest BCUT2D eigenvalue weighted by molar-refractivity contribution is 0.112.